The van der Waals surface area contributed by atoms with Crippen LogP contribution in [0.1, 0.15) is 18.1 Å². The fourth-order valence-electron chi connectivity index (χ4n) is 4.09. The minimum atomic E-state index is -0.162. The summed E-state index contributed by atoms with van der Waals surface area (Å²) in [4.78, 5) is 11.6. The Morgan fingerprint density at radius 3 is 2.43 bits per heavy atom. The molecule has 0 saturated carbocycles. The third-order valence-corrected chi connectivity index (χ3v) is 6.41. The van der Waals surface area contributed by atoms with Crippen LogP contribution in [0.5, 0.6) is 0 Å². The summed E-state index contributed by atoms with van der Waals surface area (Å²) >= 11 is 1.72. The molecule has 0 bridgehead atoms. The number of hydrogen-bond donors (Lipinski definition) is 2. The minimum Gasteiger partial charge on any atom is -0.390 e. The van der Waals surface area contributed by atoms with E-state index < -0.39 is 0 Å². The van der Waals surface area contributed by atoms with Crippen molar-refractivity contribution in [1.29, 1.82) is 0 Å². The molecule has 1 aliphatic rings. The van der Waals surface area contributed by atoms with Gasteiger partial charge in [0.05, 0.1) is 23.7 Å². The van der Waals surface area contributed by atoms with E-state index in [1.807, 2.05) is 18.2 Å². The molecule has 1 saturated heterocycles. The van der Waals surface area contributed by atoms with E-state index in [0.29, 0.717) is 5.82 Å². The number of aliphatic hydroxyl groups excluding tert-OH is 1. The Balaban J connectivity index is 1.52. The zero-order valence-electron chi connectivity index (χ0n) is 17.0. The van der Waals surface area contributed by atoms with Crippen LogP contribution in [0.25, 0.3) is 21.9 Å². The molecular weight excluding hydrogens is 394 g/mol. The Kier molecular flexibility index (Phi) is 5.10. The molecule has 30 heavy (non-hydrogen) atoms. The lowest BCUT2D eigenvalue weighted by molar-refractivity contribution is -0.00286. The SMILES string of the molecule is CCSc1nc2c(N)nc3ccccc3c2n1Cc1ccc(CN2CC(O)C2)cc1. The van der Waals surface area contributed by atoms with Crippen LogP contribution in [0.4, 0.5) is 5.82 Å². The first-order chi connectivity index (χ1) is 14.6. The molecule has 5 rings (SSSR count). The van der Waals surface area contributed by atoms with Crippen LogP contribution in [0.2, 0.25) is 0 Å². The van der Waals surface area contributed by atoms with Crippen molar-refractivity contribution in [1.82, 2.24) is 19.4 Å². The fraction of sp³-hybridized carbons (Fsp3) is 0.304. The first-order valence-corrected chi connectivity index (χ1v) is 11.3. The molecule has 0 atom stereocenters. The number of nitrogen functional groups attached to an aromatic ring is 1. The van der Waals surface area contributed by atoms with Gasteiger partial charge in [0.1, 0.15) is 5.52 Å². The van der Waals surface area contributed by atoms with Crippen molar-refractivity contribution in [3.05, 3.63) is 59.7 Å². The van der Waals surface area contributed by atoms with Crippen molar-refractivity contribution in [2.24, 2.45) is 0 Å². The molecular formula is C23H25N5OS. The Hall–Kier alpha value is -2.61. The molecule has 1 aliphatic heterocycles. The van der Waals surface area contributed by atoms with Gasteiger partial charge in [0.15, 0.2) is 11.0 Å². The number of para-hydroxylation sites is 1. The summed E-state index contributed by atoms with van der Waals surface area (Å²) in [5, 5.41) is 11.5. The molecule has 6 nitrogen and oxygen atoms in total. The highest BCUT2D eigenvalue weighted by Crippen LogP contribution is 2.32. The van der Waals surface area contributed by atoms with Gasteiger partial charge in [-0.2, -0.15) is 0 Å². The number of aromatic nitrogens is 3. The topological polar surface area (TPSA) is 80.2 Å². The van der Waals surface area contributed by atoms with Crippen LogP contribution >= 0.6 is 11.8 Å². The number of benzene rings is 2. The van der Waals surface area contributed by atoms with Gasteiger partial charge in [-0.25, -0.2) is 9.97 Å². The van der Waals surface area contributed by atoms with E-state index in [1.165, 1.54) is 11.1 Å². The average molecular weight is 420 g/mol. The van der Waals surface area contributed by atoms with E-state index in [1.54, 1.807) is 11.8 Å². The Morgan fingerprint density at radius 2 is 1.73 bits per heavy atom. The third kappa shape index (κ3) is 3.53. The van der Waals surface area contributed by atoms with Crippen molar-refractivity contribution in [3.8, 4) is 0 Å². The lowest BCUT2D eigenvalue weighted by atomic mass is 10.1. The monoisotopic (exact) mass is 419 g/mol. The van der Waals surface area contributed by atoms with Gasteiger partial charge in [-0.15, -0.1) is 0 Å². The zero-order valence-corrected chi connectivity index (χ0v) is 17.8. The highest BCUT2D eigenvalue weighted by molar-refractivity contribution is 7.99. The van der Waals surface area contributed by atoms with E-state index >= 15 is 0 Å². The van der Waals surface area contributed by atoms with Crippen molar-refractivity contribution < 1.29 is 5.11 Å². The first kappa shape index (κ1) is 19.4. The summed E-state index contributed by atoms with van der Waals surface area (Å²) in [7, 11) is 0. The number of aliphatic hydroxyl groups is 1. The normalized spacial score (nSPS) is 15.1. The predicted octanol–water partition coefficient (Wildman–Crippen LogP) is 3.50. The van der Waals surface area contributed by atoms with Gasteiger partial charge in [-0.3, -0.25) is 4.90 Å². The molecule has 0 spiro atoms. The van der Waals surface area contributed by atoms with Crippen LogP contribution in [0.15, 0.2) is 53.7 Å². The van der Waals surface area contributed by atoms with Crippen molar-refractivity contribution >= 4 is 39.5 Å². The molecule has 0 amide bonds. The second-order valence-electron chi connectivity index (χ2n) is 7.79. The fourth-order valence-corrected chi connectivity index (χ4v) is 4.81. The van der Waals surface area contributed by atoms with E-state index in [2.05, 4.69) is 51.7 Å². The number of likely N-dealkylation sites (tertiary alicyclic amines) is 1. The number of fused-ring (bicyclic) bond motifs is 3. The number of rotatable bonds is 6. The number of β-amino-alcohol motifs (C(OH)–C–C–N with tert-alkyl or cyclic N) is 1. The van der Waals surface area contributed by atoms with E-state index in [9.17, 15) is 5.11 Å². The number of pyridine rings is 1. The minimum absolute atomic E-state index is 0.162. The maximum Gasteiger partial charge on any atom is 0.169 e. The highest BCUT2D eigenvalue weighted by Gasteiger charge is 2.24. The first-order valence-electron chi connectivity index (χ1n) is 10.3. The Bertz CT molecular complexity index is 1200. The van der Waals surface area contributed by atoms with E-state index in [0.717, 1.165) is 59.0 Å². The Labute approximate surface area is 179 Å². The number of nitrogens with zero attached hydrogens (tertiary/aromatic N) is 4. The number of hydrogen-bond acceptors (Lipinski definition) is 6. The second kappa shape index (κ2) is 7.91. The van der Waals surface area contributed by atoms with Crippen molar-refractivity contribution in [2.75, 3.05) is 24.6 Å². The van der Waals surface area contributed by atoms with Crippen LogP contribution in [-0.2, 0) is 13.1 Å². The number of thioether (sulfide) groups is 1. The smallest absolute Gasteiger partial charge is 0.169 e. The van der Waals surface area contributed by atoms with Gasteiger partial charge in [-0.05, 0) is 22.9 Å². The standard InChI is InChI=1S/C23H25N5OS/c1-2-30-23-26-20-21(18-5-3-4-6-19(18)25-22(20)24)28(23)12-16-9-7-15(8-10-16)11-27-13-17(29)14-27/h3-10,17,29H,2,11-14H2,1H3,(H2,24,25). The molecule has 3 N–H and O–H groups in total. The Morgan fingerprint density at radius 1 is 1.03 bits per heavy atom. The predicted molar refractivity (Wildman–Crippen MR) is 123 cm³/mol. The molecule has 0 unspecified atom stereocenters. The van der Waals surface area contributed by atoms with Gasteiger partial charge in [-0.1, -0.05) is 61.2 Å². The van der Waals surface area contributed by atoms with Crippen LogP contribution < -0.4 is 5.73 Å². The summed E-state index contributed by atoms with van der Waals surface area (Å²) < 4.78 is 2.27. The molecule has 0 aliphatic carbocycles. The van der Waals surface area contributed by atoms with E-state index in [4.69, 9.17) is 10.7 Å². The summed E-state index contributed by atoms with van der Waals surface area (Å²) in [5.74, 6) is 1.42. The van der Waals surface area contributed by atoms with Gasteiger partial charge in [0, 0.05) is 25.0 Å². The zero-order chi connectivity index (χ0) is 20.7. The average Bonchev–Trinajstić information content (AvgIpc) is 3.08. The molecule has 2 aromatic carbocycles. The highest BCUT2D eigenvalue weighted by atomic mass is 32.2. The molecule has 7 heteroatoms. The molecule has 3 heterocycles. The number of nitrogens with two attached hydrogens (primary N) is 1. The van der Waals surface area contributed by atoms with Crippen LogP contribution in [0, 0.1) is 0 Å². The molecule has 4 aromatic rings. The largest absolute Gasteiger partial charge is 0.390 e. The quantitative estimate of drug-likeness (QED) is 0.466. The van der Waals surface area contributed by atoms with Crippen LogP contribution in [-0.4, -0.2) is 49.5 Å². The molecule has 154 valence electrons. The van der Waals surface area contributed by atoms with Gasteiger partial charge in [0.2, 0.25) is 0 Å². The van der Waals surface area contributed by atoms with Gasteiger partial charge in [0.25, 0.3) is 0 Å². The number of anilines is 1. The maximum atomic E-state index is 9.47. The van der Waals surface area contributed by atoms with Gasteiger partial charge < -0.3 is 15.4 Å². The molecule has 2 aromatic heterocycles. The maximum absolute atomic E-state index is 9.47. The summed E-state index contributed by atoms with van der Waals surface area (Å²) in [6, 6.07) is 16.8. The molecule has 0 radical (unpaired) electrons. The van der Waals surface area contributed by atoms with E-state index in [-0.39, 0.29) is 6.10 Å². The lowest BCUT2D eigenvalue weighted by Crippen LogP contribution is -2.49. The summed E-state index contributed by atoms with van der Waals surface area (Å²) in [5.41, 5.74) is 11.5. The third-order valence-electron chi connectivity index (χ3n) is 5.56. The molecule has 1 fully saturated rings. The van der Waals surface area contributed by atoms with Gasteiger partial charge >= 0.3 is 0 Å². The summed E-state index contributed by atoms with van der Waals surface area (Å²) in [6.45, 7) is 5.28. The lowest BCUT2D eigenvalue weighted by Gasteiger charge is -2.35. The van der Waals surface area contributed by atoms with Crippen LogP contribution in [0.3, 0.4) is 0 Å². The van der Waals surface area contributed by atoms with Crippen molar-refractivity contribution in [2.45, 2.75) is 31.3 Å². The number of imidazole rings is 1. The second-order valence-corrected chi connectivity index (χ2v) is 9.02. The summed E-state index contributed by atoms with van der Waals surface area (Å²) in [6.07, 6.45) is -0.162. The van der Waals surface area contributed by atoms with Crippen molar-refractivity contribution in [3.63, 3.8) is 0 Å².